The summed E-state index contributed by atoms with van der Waals surface area (Å²) in [6.45, 7) is 10.2. The van der Waals surface area contributed by atoms with Gasteiger partial charge in [0.1, 0.15) is 11.9 Å². The Morgan fingerprint density at radius 1 is 1.25 bits per heavy atom. The number of ether oxygens (including phenoxy) is 2. The minimum atomic E-state index is 0. The first kappa shape index (κ1) is 23.2. The van der Waals surface area contributed by atoms with Crippen molar-refractivity contribution in [2.45, 2.75) is 45.4 Å². The predicted octanol–water partition coefficient (Wildman–Crippen LogP) is 2.50. The van der Waals surface area contributed by atoms with Gasteiger partial charge in [-0.1, -0.05) is 6.07 Å². The molecule has 0 bridgehead atoms. The van der Waals surface area contributed by atoms with E-state index in [0.29, 0.717) is 13.2 Å². The number of nitrogens with zero attached hydrogens (tertiary/aromatic N) is 4. The molecule has 0 aromatic carbocycles. The van der Waals surface area contributed by atoms with Crippen LogP contribution in [0.4, 0.5) is 5.82 Å². The predicted molar refractivity (Wildman–Crippen MR) is 124 cm³/mol. The van der Waals surface area contributed by atoms with Crippen LogP contribution in [0.3, 0.4) is 0 Å². The summed E-state index contributed by atoms with van der Waals surface area (Å²) in [5, 5.41) is 3.47. The number of hydrogen-bond acceptors (Lipinski definition) is 5. The van der Waals surface area contributed by atoms with E-state index in [1.165, 1.54) is 0 Å². The Bertz CT molecular complexity index is 603. The van der Waals surface area contributed by atoms with Crippen LogP contribution < -0.4 is 10.2 Å². The lowest BCUT2D eigenvalue weighted by atomic mass is 10.1. The van der Waals surface area contributed by atoms with Gasteiger partial charge in [0.25, 0.3) is 0 Å². The third-order valence-electron chi connectivity index (χ3n) is 5.33. The molecule has 2 saturated heterocycles. The van der Waals surface area contributed by atoms with E-state index in [1.54, 1.807) is 0 Å². The molecule has 2 unspecified atom stereocenters. The van der Waals surface area contributed by atoms with Crippen molar-refractivity contribution in [2.24, 2.45) is 4.99 Å². The number of rotatable bonds is 6. The van der Waals surface area contributed by atoms with Crippen LogP contribution in [0.5, 0.6) is 0 Å². The third-order valence-corrected chi connectivity index (χ3v) is 5.33. The van der Waals surface area contributed by atoms with E-state index < -0.39 is 0 Å². The van der Waals surface area contributed by atoms with Gasteiger partial charge >= 0.3 is 0 Å². The molecule has 8 heteroatoms. The van der Waals surface area contributed by atoms with E-state index in [4.69, 9.17) is 9.47 Å². The van der Waals surface area contributed by atoms with Crippen molar-refractivity contribution in [1.82, 2.24) is 15.2 Å². The van der Waals surface area contributed by atoms with Crippen LogP contribution in [-0.4, -0.2) is 74.5 Å². The highest BCUT2D eigenvalue weighted by molar-refractivity contribution is 14.0. The smallest absolute Gasteiger partial charge is 0.194 e. The molecule has 158 valence electrons. The molecule has 0 saturated carbocycles. The van der Waals surface area contributed by atoms with Crippen LogP contribution in [0.1, 0.15) is 32.3 Å². The van der Waals surface area contributed by atoms with E-state index in [0.717, 1.165) is 63.0 Å². The molecule has 0 radical (unpaired) electrons. The fourth-order valence-electron chi connectivity index (χ4n) is 3.76. The van der Waals surface area contributed by atoms with E-state index >= 15 is 0 Å². The van der Waals surface area contributed by atoms with Crippen molar-refractivity contribution in [3.05, 3.63) is 23.9 Å². The zero-order valence-corrected chi connectivity index (χ0v) is 19.6. The molecule has 2 aliphatic heterocycles. The van der Waals surface area contributed by atoms with Gasteiger partial charge in [0, 0.05) is 52.6 Å². The molecule has 1 aromatic heterocycles. The highest BCUT2D eigenvalue weighted by atomic mass is 127. The van der Waals surface area contributed by atoms with Gasteiger partial charge in [0.15, 0.2) is 5.96 Å². The lowest BCUT2D eigenvalue weighted by Crippen LogP contribution is -2.53. The zero-order valence-electron chi connectivity index (χ0n) is 17.3. The molecule has 2 fully saturated rings. The van der Waals surface area contributed by atoms with Gasteiger partial charge in [-0.2, -0.15) is 0 Å². The van der Waals surface area contributed by atoms with Gasteiger partial charge in [0.2, 0.25) is 0 Å². The number of morpholine rings is 1. The quantitative estimate of drug-likeness (QED) is 0.366. The summed E-state index contributed by atoms with van der Waals surface area (Å²) in [6, 6.07) is 4.23. The number of pyridine rings is 1. The van der Waals surface area contributed by atoms with Gasteiger partial charge in [-0.3, -0.25) is 4.99 Å². The van der Waals surface area contributed by atoms with Gasteiger partial charge in [-0.25, -0.2) is 4.98 Å². The maximum Gasteiger partial charge on any atom is 0.194 e. The molecule has 2 aliphatic rings. The maximum atomic E-state index is 5.94. The van der Waals surface area contributed by atoms with Crippen molar-refractivity contribution >= 4 is 35.8 Å². The van der Waals surface area contributed by atoms with Crippen LogP contribution >= 0.6 is 24.0 Å². The number of guanidine groups is 1. The Hall–Kier alpha value is -1.13. The first-order valence-corrected chi connectivity index (χ1v) is 10.1. The Morgan fingerprint density at radius 3 is 2.64 bits per heavy atom. The number of nitrogens with one attached hydrogen (secondary N) is 1. The number of halogens is 1. The molecule has 28 heavy (non-hydrogen) atoms. The van der Waals surface area contributed by atoms with Gasteiger partial charge < -0.3 is 24.6 Å². The largest absolute Gasteiger partial charge is 0.375 e. The first-order chi connectivity index (χ1) is 13.2. The summed E-state index contributed by atoms with van der Waals surface area (Å²) < 4.78 is 11.8. The molecular formula is C20H34IN5O2. The van der Waals surface area contributed by atoms with Crippen LogP contribution in [-0.2, 0) is 16.0 Å². The molecule has 1 aromatic rings. The SMILES string of the molecule is CCN(CC)c1ccc(CNC(=NC)N2CCOC(C3CCCO3)C2)cn1.I. The normalized spacial score (nSPS) is 22.7. The van der Waals surface area contributed by atoms with Crippen molar-refractivity contribution in [1.29, 1.82) is 0 Å². The fourth-order valence-corrected chi connectivity index (χ4v) is 3.76. The van der Waals surface area contributed by atoms with Crippen molar-refractivity contribution in [3.63, 3.8) is 0 Å². The van der Waals surface area contributed by atoms with E-state index in [9.17, 15) is 0 Å². The Morgan fingerprint density at radius 2 is 2.04 bits per heavy atom. The minimum Gasteiger partial charge on any atom is -0.375 e. The summed E-state index contributed by atoms with van der Waals surface area (Å²) in [5.41, 5.74) is 1.15. The van der Waals surface area contributed by atoms with Crippen LogP contribution in [0.15, 0.2) is 23.3 Å². The second-order valence-electron chi connectivity index (χ2n) is 7.00. The monoisotopic (exact) mass is 503 g/mol. The third kappa shape index (κ3) is 5.93. The summed E-state index contributed by atoms with van der Waals surface area (Å²) >= 11 is 0. The highest BCUT2D eigenvalue weighted by Crippen LogP contribution is 2.21. The van der Waals surface area contributed by atoms with Crippen molar-refractivity contribution in [3.8, 4) is 0 Å². The Kier molecular flexibility index (Phi) is 9.73. The maximum absolute atomic E-state index is 5.94. The topological polar surface area (TPSA) is 62.2 Å². The number of anilines is 1. The first-order valence-electron chi connectivity index (χ1n) is 10.1. The zero-order chi connectivity index (χ0) is 19.1. The Labute approximate surface area is 185 Å². The standard InChI is InChI=1S/C20H33N5O2.HI/c1-4-24(5-2)19-9-8-16(13-22-19)14-23-20(21-3)25-10-12-27-18(15-25)17-7-6-11-26-17;/h8-9,13,17-18H,4-7,10-12,14-15H2,1-3H3,(H,21,23);1H. The lowest BCUT2D eigenvalue weighted by molar-refractivity contribution is -0.0817. The van der Waals surface area contributed by atoms with E-state index in [1.807, 2.05) is 13.2 Å². The minimum absolute atomic E-state index is 0. The van der Waals surface area contributed by atoms with Gasteiger partial charge in [0.05, 0.1) is 12.7 Å². The molecule has 3 heterocycles. The summed E-state index contributed by atoms with van der Waals surface area (Å²) in [5.74, 6) is 1.94. The molecule has 3 rings (SSSR count). The summed E-state index contributed by atoms with van der Waals surface area (Å²) in [7, 11) is 1.83. The molecule has 2 atom stereocenters. The molecule has 1 N–H and O–H groups in total. The van der Waals surface area contributed by atoms with Crippen LogP contribution in [0.25, 0.3) is 0 Å². The average Bonchev–Trinajstić information content (AvgIpc) is 3.26. The van der Waals surface area contributed by atoms with E-state index in [-0.39, 0.29) is 36.2 Å². The summed E-state index contributed by atoms with van der Waals surface area (Å²) in [4.78, 5) is 13.6. The molecule has 0 spiro atoms. The molecular weight excluding hydrogens is 469 g/mol. The second kappa shape index (κ2) is 11.8. The van der Waals surface area contributed by atoms with Crippen molar-refractivity contribution in [2.75, 3.05) is 51.3 Å². The van der Waals surface area contributed by atoms with Crippen LogP contribution in [0.2, 0.25) is 0 Å². The molecule has 0 amide bonds. The highest BCUT2D eigenvalue weighted by Gasteiger charge is 2.32. The molecule has 0 aliphatic carbocycles. The number of aromatic nitrogens is 1. The number of aliphatic imine (C=N–C) groups is 1. The van der Waals surface area contributed by atoms with Crippen LogP contribution in [0, 0.1) is 0 Å². The van der Waals surface area contributed by atoms with E-state index in [2.05, 4.69) is 51.1 Å². The average molecular weight is 503 g/mol. The second-order valence-corrected chi connectivity index (χ2v) is 7.00. The van der Waals surface area contributed by atoms with Gasteiger partial charge in [-0.15, -0.1) is 24.0 Å². The number of hydrogen-bond donors (Lipinski definition) is 1. The summed E-state index contributed by atoms with van der Waals surface area (Å²) in [6.07, 6.45) is 4.53. The Balaban J connectivity index is 0.00000280. The van der Waals surface area contributed by atoms with Gasteiger partial charge in [-0.05, 0) is 38.3 Å². The fraction of sp³-hybridized carbons (Fsp3) is 0.700. The molecule has 7 nitrogen and oxygen atoms in total. The van der Waals surface area contributed by atoms with Crippen molar-refractivity contribution < 1.29 is 9.47 Å². The lowest BCUT2D eigenvalue weighted by Gasteiger charge is -2.37.